The van der Waals surface area contributed by atoms with Crippen LogP contribution in [0.25, 0.3) is 10.9 Å². The van der Waals surface area contributed by atoms with Gasteiger partial charge in [0.05, 0.1) is 14.2 Å². The molecule has 1 aromatic carbocycles. The topological polar surface area (TPSA) is 75.4 Å². The van der Waals surface area contributed by atoms with Crippen molar-refractivity contribution in [3.63, 3.8) is 0 Å². The molecule has 0 saturated carbocycles. The van der Waals surface area contributed by atoms with Crippen LogP contribution < -0.4 is 20.1 Å². The molecule has 1 amide bonds. The normalized spacial score (nSPS) is 17.1. The number of aromatic nitrogens is 1. The second kappa shape index (κ2) is 6.89. The standard InChI is InChI=1S/C15H19N3O3.ClH/c1-20-13-6-9-5-12(18-11(9)7-14(13)21-2)15(19)17-10-3-4-16-8-10;/h5-7,10,16,18H,3-4,8H2,1-2H3,(H,17,19);1H/t10-;/m0./s1. The molecular weight excluding hydrogens is 306 g/mol. The molecule has 1 aliphatic heterocycles. The number of fused-ring (bicyclic) bond motifs is 1. The van der Waals surface area contributed by atoms with Crippen molar-refractivity contribution in [3.05, 3.63) is 23.9 Å². The van der Waals surface area contributed by atoms with E-state index in [1.165, 1.54) is 0 Å². The van der Waals surface area contributed by atoms with Gasteiger partial charge in [0.25, 0.3) is 5.91 Å². The van der Waals surface area contributed by atoms with Gasteiger partial charge in [0.2, 0.25) is 0 Å². The molecule has 1 aliphatic rings. The van der Waals surface area contributed by atoms with Crippen LogP contribution in [0.1, 0.15) is 16.9 Å². The highest BCUT2D eigenvalue weighted by atomic mass is 35.5. The van der Waals surface area contributed by atoms with Crippen LogP contribution in [0.2, 0.25) is 0 Å². The van der Waals surface area contributed by atoms with Gasteiger partial charge < -0.3 is 25.1 Å². The number of benzene rings is 1. The molecule has 3 N–H and O–H groups in total. The first-order chi connectivity index (χ1) is 10.2. The molecule has 2 aromatic rings. The van der Waals surface area contributed by atoms with Crippen LogP contribution in [-0.4, -0.2) is 44.2 Å². The Kier molecular flexibility index (Phi) is 5.15. The fourth-order valence-corrected chi connectivity index (χ4v) is 2.62. The maximum Gasteiger partial charge on any atom is 0.267 e. The number of hydrogen-bond donors (Lipinski definition) is 3. The Hall–Kier alpha value is -1.92. The van der Waals surface area contributed by atoms with E-state index in [1.807, 2.05) is 18.2 Å². The monoisotopic (exact) mass is 325 g/mol. The van der Waals surface area contributed by atoms with Crippen molar-refractivity contribution in [1.82, 2.24) is 15.6 Å². The number of aromatic amines is 1. The third-order valence-electron chi connectivity index (χ3n) is 3.77. The largest absolute Gasteiger partial charge is 0.493 e. The van der Waals surface area contributed by atoms with Gasteiger partial charge in [0, 0.05) is 29.6 Å². The molecule has 0 bridgehead atoms. The summed E-state index contributed by atoms with van der Waals surface area (Å²) in [5.74, 6) is 1.20. The SMILES string of the molecule is COc1cc2cc(C(=O)N[C@H]3CCNC3)[nH]c2cc1OC.Cl. The van der Waals surface area contributed by atoms with Crippen molar-refractivity contribution in [3.8, 4) is 11.5 Å². The van der Waals surface area contributed by atoms with Crippen molar-refractivity contribution in [2.24, 2.45) is 0 Å². The van der Waals surface area contributed by atoms with Crippen LogP contribution in [0.5, 0.6) is 11.5 Å². The van der Waals surface area contributed by atoms with Gasteiger partial charge >= 0.3 is 0 Å². The number of carbonyl (C=O) groups excluding carboxylic acids is 1. The Morgan fingerprint density at radius 1 is 1.23 bits per heavy atom. The molecule has 3 rings (SSSR count). The first kappa shape index (κ1) is 16.5. The summed E-state index contributed by atoms with van der Waals surface area (Å²) in [6, 6.07) is 5.73. The van der Waals surface area contributed by atoms with Gasteiger partial charge in [0.1, 0.15) is 5.69 Å². The molecule has 0 spiro atoms. The Balaban J connectivity index is 0.00000176. The summed E-state index contributed by atoms with van der Waals surface area (Å²) in [6.45, 7) is 1.78. The minimum Gasteiger partial charge on any atom is -0.493 e. The van der Waals surface area contributed by atoms with Gasteiger partial charge in [0.15, 0.2) is 11.5 Å². The van der Waals surface area contributed by atoms with Crippen LogP contribution >= 0.6 is 12.4 Å². The van der Waals surface area contributed by atoms with E-state index in [9.17, 15) is 4.79 Å². The second-order valence-electron chi connectivity index (χ2n) is 5.14. The highest BCUT2D eigenvalue weighted by molar-refractivity contribution is 5.98. The van der Waals surface area contributed by atoms with Crippen LogP contribution in [0.15, 0.2) is 18.2 Å². The van der Waals surface area contributed by atoms with Gasteiger partial charge in [-0.3, -0.25) is 4.79 Å². The predicted octanol–water partition coefficient (Wildman–Crippen LogP) is 1.70. The van der Waals surface area contributed by atoms with Crippen LogP contribution in [0, 0.1) is 0 Å². The van der Waals surface area contributed by atoms with Crippen molar-refractivity contribution in [2.75, 3.05) is 27.3 Å². The van der Waals surface area contributed by atoms with Crippen LogP contribution in [0.4, 0.5) is 0 Å². The predicted molar refractivity (Wildman–Crippen MR) is 87.4 cm³/mol. The fraction of sp³-hybridized carbons (Fsp3) is 0.400. The number of halogens is 1. The molecule has 0 aliphatic carbocycles. The minimum absolute atomic E-state index is 0. The second-order valence-corrected chi connectivity index (χ2v) is 5.14. The zero-order valence-corrected chi connectivity index (χ0v) is 13.4. The lowest BCUT2D eigenvalue weighted by Crippen LogP contribution is -2.36. The van der Waals surface area contributed by atoms with Gasteiger partial charge in [-0.25, -0.2) is 0 Å². The van der Waals surface area contributed by atoms with Gasteiger partial charge in [-0.05, 0) is 25.1 Å². The highest BCUT2D eigenvalue weighted by Gasteiger charge is 2.19. The lowest BCUT2D eigenvalue weighted by molar-refractivity contribution is 0.0936. The summed E-state index contributed by atoms with van der Waals surface area (Å²) in [7, 11) is 3.18. The van der Waals surface area contributed by atoms with E-state index in [-0.39, 0.29) is 24.4 Å². The van der Waals surface area contributed by atoms with E-state index in [2.05, 4.69) is 15.6 Å². The van der Waals surface area contributed by atoms with Crippen molar-refractivity contribution >= 4 is 29.2 Å². The number of hydrogen-bond acceptors (Lipinski definition) is 4. The summed E-state index contributed by atoms with van der Waals surface area (Å²) >= 11 is 0. The minimum atomic E-state index is -0.0853. The maximum absolute atomic E-state index is 12.2. The lowest BCUT2D eigenvalue weighted by atomic mass is 10.2. The van der Waals surface area contributed by atoms with E-state index < -0.39 is 0 Å². The first-order valence-electron chi connectivity index (χ1n) is 6.97. The number of ether oxygens (including phenoxy) is 2. The quantitative estimate of drug-likeness (QED) is 0.800. The molecule has 22 heavy (non-hydrogen) atoms. The molecule has 1 aromatic heterocycles. The first-order valence-corrected chi connectivity index (χ1v) is 6.97. The number of carbonyl (C=O) groups is 1. The van der Waals surface area contributed by atoms with Crippen molar-refractivity contribution < 1.29 is 14.3 Å². The van der Waals surface area contributed by atoms with E-state index in [1.54, 1.807) is 14.2 Å². The van der Waals surface area contributed by atoms with Crippen LogP contribution in [-0.2, 0) is 0 Å². The van der Waals surface area contributed by atoms with Gasteiger partial charge in [-0.2, -0.15) is 0 Å². The lowest BCUT2D eigenvalue weighted by Gasteiger charge is -2.09. The molecule has 0 unspecified atom stereocenters. The highest BCUT2D eigenvalue weighted by Crippen LogP contribution is 2.32. The Morgan fingerprint density at radius 3 is 2.59 bits per heavy atom. The number of rotatable bonds is 4. The third-order valence-corrected chi connectivity index (χ3v) is 3.77. The smallest absolute Gasteiger partial charge is 0.267 e. The molecule has 1 saturated heterocycles. The molecular formula is C15H20ClN3O3. The number of nitrogens with one attached hydrogen (secondary N) is 3. The molecule has 1 atom stereocenters. The average molecular weight is 326 g/mol. The summed E-state index contributed by atoms with van der Waals surface area (Å²) in [4.78, 5) is 15.4. The Morgan fingerprint density at radius 2 is 1.95 bits per heavy atom. The third kappa shape index (κ3) is 3.13. The Labute approximate surface area is 135 Å². The number of methoxy groups -OCH3 is 2. The number of H-pyrrole nitrogens is 1. The summed E-state index contributed by atoms with van der Waals surface area (Å²) in [5.41, 5.74) is 1.40. The summed E-state index contributed by atoms with van der Waals surface area (Å²) in [5, 5.41) is 7.16. The fourth-order valence-electron chi connectivity index (χ4n) is 2.62. The molecule has 2 heterocycles. The van der Waals surface area contributed by atoms with E-state index in [4.69, 9.17) is 9.47 Å². The molecule has 120 valence electrons. The van der Waals surface area contributed by atoms with Crippen LogP contribution in [0.3, 0.4) is 0 Å². The summed E-state index contributed by atoms with van der Waals surface area (Å²) in [6.07, 6.45) is 0.966. The molecule has 6 nitrogen and oxygen atoms in total. The zero-order chi connectivity index (χ0) is 14.8. The summed E-state index contributed by atoms with van der Waals surface area (Å²) < 4.78 is 10.5. The average Bonchev–Trinajstić information content (AvgIpc) is 3.13. The Bertz CT molecular complexity index is 624. The maximum atomic E-state index is 12.2. The zero-order valence-electron chi connectivity index (χ0n) is 12.6. The van der Waals surface area contributed by atoms with E-state index >= 15 is 0 Å². The van der Waals surface area contributed by atoms with Gasteiger partial charge in [-0.1, -0.05) is 0 Å². The molecule has 7 heteroatoms. The van der Waals surface area contributed by atoms with Crippen molar-refractivity contribution in [2.45, 2.75) is 12.5 Å². The number of amides is 1. The van der Waals surface area contributed by atoms with Crippen molar-refractivity contribution in [1.29, 1.82) is 0 Å². The van der Waals surface area contributed by atoms with Gasteiger partial charge in [-0.15, -0.1) is 12.4 Å². The molecule has 0 radical (unpaired) electrons. The van der Waals surface area contributed by atoms with E-state index in [0.29, 0.717) is 17.2 Å². The van der Waals surface area contributed by atoms with E-state index in [0.717, 1.165) is 30.4 Å². The molecule has 1 fully saturated rings.